The summed E-state index contributed by atoms with van der Waals surface area (Å²) in [5.41, 5.74) is 1.42. The van der Waals surface area contributed by atoms with Crippen LogP contribution < -0.4 is 4.90 Å². The molecule has 1 heterocycles. The summed E-state index contributed by atoms with van der Waals surface area (Å²) in [6, 6.07) is 7.16. The number of rotatable bonds is 3. The molecule has 1 aromatic carbocycles. The molecule has 0 aromatic heterocycles. The van der Waals surface area contributed by atoms with Crippen LogP contribution in [0.4, 0.5) is 5.69 Å². The Kier molecular flexibility index (Phi) is 3.48. The van der Waals surface area contributed by atoms with Gasteiger partial charge in [-0.05, 0) is 25.0 Å². The summed E-state index contributed by atoms with van der Waals surface area (Å²) in [5.74, 6) is 0.795. The summed E-state index contributed by atoms with van der Waals surface area (Å²) in [7, 11) is 0. The Morgan fingerprint density at radius 2 is 2.29 bits per heavy atom. The van der Waals surface area contributed by atoms with Gasteiger partial charge in [0.15, 0.2) is 5.78 Å². The van der Waals surface area contributed by atoms with E-state index in [0.717, 1.165) is 5.69 Å². The van der Waals surface area contributed by atoms with Gasteiger partial charge >= 0.3 is 0 Å². The normalized spacial score (nSPS) is 19.8. The van der Waals surface area contributed by atoms with Crippen molar-refractivity contribution < 1.29 is 9.59 Å². The van der Waals surface area contributed by atoms with E-state index in [9.17, 15) is 9.59 Å². The van der Waals surface area contributed by atoms with Crippen LogP contribution >= 0.6 is 11.6 Å². The van der Waals surface area contributed by atoms with E-state index in [0.29, 0.717) is 24.4 Å². The van der Waals surface area contributed by atoms with E-state index in [1.165, 1.54) is 6.92 Å². The molecule has 0 saturated carbocycles. The lowest BCUT2D eigenvalue weighted by molar-refractivity contribution is -0.117. The van der Waals surface area contributed by atoms with Gasteiger partial charge in [0.2, 0.25) is 5.91 Å². The molecule has 1 aliphatic heterocycles. The molecule has 1 saturated heterocycles. The summed E-state index contributed by atoms with van der Waals surface area (Å²) in [5, 5.41) is 0. The fraction of sp³-hybridized carbons (Fsp3) is 0.385. The van der Waals surface area contributed by atoms with Crippen molar-refractivity contribution in [2.45, 2.75) is 13.3 Å². The number of amides is 1. The zero-order chi connectivity index (χ0) is 12.4. The third kappa shape index (κ3) is 2.50. The lowest BCUT2D eigenvalue weighted by Crippen LogP contribution is -2.24. The summed E-state index contributed by atoms with van der Waals surface area (Å²) in [6.45, 7) is 2.16. The van der Waals surface area contributed by atoms with Crippen molar-refractivity contribution in [2.75, 3.05) is 17.3 Å². The number of ketones is 1. The third-order valence-corrected chi connectivity index (χ3v) is 3.42. The lowest BCUT2D eigenvalue weighted by Gasteiger charge is -2.16. The summed E-state index contributed by atoms with van der Waals surface area (Å²) in [6.07, 6.45) is 0.494. The van der Waals surface area contributed by atoms with Crippen molar-refractivity contribution >= 4 is 29.0 Å². The molecule has 0 radical (unpaired) electrons. The quantitative estimate of drug-likeness (QED) is 0.611. The minimum absolute atomic E-state index is 0.00684. The van der Waals surface area contributed by atoms with Crippen LogP contribution in [0.5, 0.6) is 0 Å². The van der Waals surface area contributed by atoms with Gasteiger partial charge in [-0.15, -0.1) is 11.6 Å². The maximum atomic E-state index is 11.8. The van der Waals surface area contributed by atoms with Crippen LogP contribution in [0, 0.1) is 5.92 Å². The van der Waals surface area contributed by atoms with Gasteiger partial charge in [0.25, 0.3) is 0 Å². The average molecular weight is 252 g/mol. The number of carbonyl (C=O) groups excluding carboxylic acids is 2. The topological polar surface area (TPSA) is 37.4 Å². The molecule has 0 aliphatic carbocycles. The van der Waals surface area contributed by atoms with Crippen LogP contribution in [0.1, 0.15) is 23.7 Å². The third-order valence-electron chi connectivity index (χ3n) is 2.99. The first-order valence-corrected chi connectivity index (χ1v) is 6.12. The summed E-state index contributed by atoms with van der Waals surface area (Å²) in [4.78, 5) is 24.8. The SMILES string of the molecule is CC(=O)c1cccc(N2CC(CCl)CC2=O)c1. The molecule has 2 rings (SSSR count). The number of alkyl halides is 1. The van der Waals surface area contributed by atoms with E-state index in [-0.39, 0.29) is 17.6 Å². The maximum absolute atomic E-state index is 11.8. The average Bonchev–Trinajstić information content (AvgIpc) is 2.71. The van der Waals surface area contributed by atoms with Crippen molar-refractivity contribution in [3.05, 3.63) is 29.8 Å². The van der Waals surface area contributed by atoms with E-state index in [1.54, 1.807) is 23.1 Å². The fourth-order valence-corrected chi connectivity index (χ4v) is 2.23. The van der Waals surface area contributed by atoms with Crippen LogP contribution in [0.2, 0.25) is 0 Å². The molecule has 1 aliphatic rings. The Labute approximate surface area is 105 Å². The summed E-state index contributed by atoms with van der Waals surface area (Å²) < 4.78 is 0. The number of halogens is 1. The largest absolute Gasteiger partial charge is 0.312 e. The first-order valence-electron chi connectivity index (χ1n) is 5.59. The molecule has 3 nitrogen and oxygen atoms in total. The molecule has 1 fully saturated rings. The number of hydrogen-bond acceptors (Lipinski definition) is 2. The molecule has 1 unspecified atom stereocenters. The van der Waals surface area contributed by atoms with Gasteiger partial charge in [-0.2, -0.15) is 0 Å². The highest BCUT2D eigenvalue weighted by Gasteiger charge is 2.29. The van der Waals surface area contributed by atoms with Gasteiger partial charge in [0.05, 0.1) is 0 Å². The number of hydrogen-bond donors (Lipinski definition) is 0. The Morgan fingerprint density at radius 3 is 2.88 bits per heavy atom. The van der Waals surface area contributed by atoms with E-state index >= 15 is 0 Å². The highest BCUT2D eigenvalue weighted by molar-refractivity contribution is 6.18. The Balaban J connectivity index is 2.25. The number of carbonyl (C=O) groups is 2. The van der Waals surface area contributed by atoms with Crippen molar-refractivity contribution in [3.8, 4) is 0 Å². The van der Waals surface area contributed by atoms with Gasteiger partial charge in [-0.3, -0.25) is 9.59 Å². The van der Waals surface area contributed by atoms with Gasteiger partial charge in [0, 0.05) is 30.1 Å². The molecule has 1 aromatic rings. The second-order valence-corrected chi connectivity index (χ2v) is 4.64. The van der Waals surface area contributed by atoms with Crippen molar-refractivity contribution in [3.63, 3.8) is 0 Å². The zero-order valence-corrected chi connectivity index (χ0v) is 10.4. The van der Waals surface area contributed by atoms with Gasteiger partial charge in [-0.25, -0.2) is 0 Å². The minimum Gasteiger partial charge on any atom is -0.312 e. The second kappa shape index (κ2) is 4.88. The minimum atomic E-state index is 0.00684. The van der Waals surface area contributed by atoms with Crippen LogP contribution in [0.3, 0.4) is 0 Å². The predicted molar refractivity (Wildman–Crippen MR) is 67.6 cm³/mol. The van der Waals surface area contributed by atoms with E-state index in [1.807, 2.05) is 6.07 Å². The van der Waals surface area contributed by atoms with Crippen molar-refractivity contribution in [1.29, 1.82) is 0 Å². The van der Waals surface area contributed by atoms with Crippen LogP contribution in [0.15, 0.2) is 24.3 Å². The standard InChI is InChI=1S/C13H14ClNO2/c1-9(16)11-3-2-4-12(6-11)15-8-10(7-14)5-13(15)17/h2-4,6,10H,5,7-8H2,1H3. The Morgan fingerprint density at radius 1 is 1.53 bits per heavy atom. The number of anilines is 1. The molecule has 0 N–H and O–H groups in total. The van der Waals surface area contributed by atoms with Gasteiger partial charge < -0.3 is 4.90 Å². The van der Waals surface area contributed by atoms with Gasteiger partial charge in [0.1, 0.15) is 0 Å². The number of benzene rings is 1. The smallest absolute Gasteiger partial charge is 0.227 e. The monoisotopic (exact) mass is 251 g/mol. The van der Waals surface area contributed by atoms with Crippen molar-refractivity contribution in [1.82, 2.24) is 0 Å². The zero-order valence-electron chi connectivity index (χ0n) is 9.65. The van der Waals surface area contributed by atoms with E-state index < -0.39 is 0 Å². The second-order valence-electron chi connectivity index (χ2n) is 4.34. The van der Waals surface area contributed by atoms with Crippen LogP contribution in [-0.4, -0.2) is 24.1 Å². The summed E-state index contributed by atoms with van der Waals surface area (Å²) >= 11 is 5.77. The molecule has 0 spiro atoms. The van der Waals surface area contributed by atoms with Gasteiger partial charge in [-0.1, -0.05) is 12.1 Å². The first kappa shape index (κ1) is 12.1. The molecule has 1 atom stereocenters. The first-order chi connectivity index (χ1) is 8.11. The lowest BCUT2D eigenvalue weighted by atomic mass is 10.1. The molecule has 0 bridgehead atoms. The highest BCUT2D eigenvalue weighted by atomic mass is 35.5. The predicted octanol–water partition coefficient (Wildman–Crippen LogP) is 2.48. The Bertz CT molecular complexity index is 458. The van der Waals surface area contributed by atoms with Crippen molar-refractivity contribution in [2.24, 2.45) is 5.92 Å². The molecule has 17 heavy (non-hydrogen) atoms. The van der Waals surface area contributed by atoms with Crippen LogP contribution in [-0.2, 0) is 4.79 Å². The molecular weight excluding hydrogens is 238 g/mol. The number of nitrogens with zero attached hydrogens (tertiary/aromatic N) is 1. The highest BCUT2D eigenvalue weighted by Crippen LogP contribution is 2.26. The Hall–Kier alpha value is -1.35. The fourth-order valence-electron chi connectivity index (χ4n) is 2.03. The molecular formula is C13H14ClNO2. The number of Topliss-reactive ketones (excluding diaryl/α,β-unsaturated/α-hetero) is 1. The van der Waals surface area contributed by atoms with E-state index in [4.69, 9.17) is 11.6 Å². The molecule has 1 amide bonds. The van der Waals surface area contributed by atoms with Crippen LogP contribution in [0.25, 0.3) is 0 Å². The maximum Gasteiger partial charge on any atom is 0.227 e. The molecule has 4 heteroatoms. The molecule has 90 valence electrons. The van der Waals surface area contributed by atoms with E-state index in [2.05, 4.69) is 0 Å².